The second-order valence-electron chi connectivity index (χ2n) is 13.5. The number of furan rings is 2. The lowest BCUT2D eigenvalue weighted by Gasteiger charge is -2.11. The van der Waals surface area contributed by atoms with Crippen molar-refractivity contribution in [3.05, 3.63) is 181 Å². The van der Waals surface area contributed by atoms with Gasteiger partial charge in [-0.05, 0) is 93.0 Å². The van der Waals surface area contributed by atoms with Crippen LogP contribution in [-0.4, -0.2) is 0 Å². The summed E-state index contributed by atoms with van der Waals surface area (Å²) >= 11 is 0. The van der Waals surface area contributed by atoms with E-state index < -0.39 is 0 Å². The smallest absolute Gasteiger partial charge is 0.143 e. The zero-order valence-corrected chi connectivity index (χ0v) is 32.9. The lowest BCUT2D eigenvalue weighted by atomic mass is 9.93. The molecule has 8 aromatic carbocycles. The Labute approximate surface area is 338 Å². The first-order valence-corrected chi connectivity index (χ1v) is 19.8. The standard InChI is InChI=1S/C50H28N2O2.2C2H6/c51-29-31-23-37(27-39(25-31)41-9-5-11-45-43-7-1-3-13-47(43)53-49(41)45)35-19-15-33(16-20-35)34-17-21-36(22-18-34)38-24-32(30-52)26-40(28-38)42-10-6-12-46-44-8-2-4-14-48(44)54-50(42)46;2*1-2/h1-28H;2*1-2H3. The van der Waals surface area contributed by atoms with Gasteiger partial charge in [-0.3, -0.25) is 0 Å². The number of para-hydroxylation sites is 4. The largest absolute Gasteiger partial charge is 0.455 e. The quantitative estimate of drug-likeness (QED) is 0.176. The molecule has 0 unspecified atom stereocenters. The Balaban J connectivity index is 0.00000114. The lowest BCUT2D eigenvalue weighted by molar-refractivity contribution is 0.669. The van der Waals surface area contributed by atoms with Crippen molar-refractivity contribution in [2.45, 2.75) is 27.7 Å². The summed E-state index contributed by atoms with van der Waals surface area (Å²) in [5.41, 5.74) is 14.4. The second kappa shape index (κ2) is 16.2. The summed E-state index contributed by atoms with van der Waals surface area (Å²) in [7, 11) is 0. The Morgan fingerprint density at radius 1 is 0.328 bits per heavy atom. The van der Waals surface area contributed by atoms with Gasteiger partial charge in [0.2, 0.25) is 0 Å². The van der Waals surface area contributed by atoms with Gasteiger partial charge < -0.3 is 8.83 Å². The fourth-order valence-corrected chi connectivity index (χ4v) is 7.69. The van der Waals surface area contributed by atoms with E-state index in [1.807, 2.05) is 100 Å². The van der Waals surface area contributed by atoms with Crippen LogP contribution in [0.3, 0.4) is 0 Å². The number of benzene rings is 8. The van der Waals surface area contributed by atoms with Gasteiger partial charge in [0.05, 0.1) is 23.3 Å². The highest BCUT2D eigenvalue weighted by atomic mass is 16.3. The van der Waals surface area contributed by atoms with E-state index in [0.717, 1.165) is 99.5 Å². The van der Waals surface area contributed by atoms with Gasteiger partial charge in [0.25, 0.3) is 0 Å². The Bertz CT molecular complexity index is 2950. The van der Waals surface area contributed by atoms with Gasteiger partial charge in [-0.2, -0.15) is 10.5 Å². The van der Waals surface area contributed by atoms with E-state index in [1.54, 1.807) is 0 Å². The van der Waals surface area contributed by atoms with E-state index in [4.69, 9.17) is 8.83 Å². The molecule has 278 valence electrons. The SMILES string of the molecule is CC.CC.N#Cc1cc(-c2ccc(-c3ccc(-c4cc(C#N)cc(-c5cccc6c5oc5ccccc56)c4)cc3)cc2)cc(-c2cccc3c2oc2ccccc23)c1. The van der Waals surface area contributed by atoms with Crippen molar-refractivity contribution in [2.24, 2.45) is 0 Å². The molecule has 4 heteroatoms. The monoisotopic (exact) mass is 748 g/mol. The van der Waals surface area contributed by atoms with Gasteiger partial charge in [-0.25, -0.2) is 0 Å². The molecule has 58 heavy (non-hydrogen) atoms. The van der Waals surface area contributed by atoms with Gasteiger partial charge in [-0.15, -0.1) is 0 Å². The van der Waals surface area contributed by atoms with Crippen LogP contribution in [0.2, 0.25) is 0 Å². The van der Waals surface area contributed by atoms with E-state index in [-0.39, 0.29) is 0 Å². The molecule has 10 aromatic rings. The molecule has 2 heterocycles. The summed E-state index contributed by atoms with van der Waals surface area (Å²) in [6, 6.07) is 62.0. The zero-order valence-electron chi connectivity index (χ0n) is 32.9. The van der Waals surface area contributed by atoms with Crippen LogP contribution in [0.4, 0.5) is 0 Å². The Morgan fingerprint density at radius 3 is 1.03 bits per heavy atom. The van der Waals surface area contributed by atoms with Gasteiger partial charge in [0.1, 0.15) is 22.3 Å². The molecule has 0 aliphatic rings. The maximum absolute atomic E-state index is 9.98. The Kier molecular flexibility index (Phi) is 10.4. The number of nitrogens with zero attached hydrogens (tertiary/aromatic N) is 2. The van der Waals surface area contributed by atoms with Crippen molar-refractivity contribution in [3.63, 3.8) is 0 Å². The molecule has 4 nitrogen and oxygen atoms in total. The fraction of sp³-hybridized carbons (Fsp3) is 0.0741. The van der Waals surface area contributed by atoms with Crippen LogP contribution in [0.25, 0.3) is 99.5 Å². The predicted octanol–water partition coefficient (Wildman–Crippen LogP) is 15.6. The number of nitriles is 2. The summed E-state index contributed by atoms with van der Waals surface area (Å²) in [5.74, 6) is 0. The van der Waals surface area contributed by atoms with Crippen LogP contribution in [0, 0.1) is 22.7 Å². The molecule has 0 saturated heterocycles. The molecule has 0 radical (unpaired) electrons. The molecule has 0 aliphatic heterocycles. The van der Waals surface area contributed by atoms with Crippen LogP contribution in [0.5, 0.6) is 0 Å². The third-order valence-electron chi connectivity index (χ3n) is 10.3. The molecule has 10 rings (SSSR count). The predicted molar refractivity (Wildman–Crippen MR) is 240 cm³/mol. The summed E-state index contributed by atoms with van der Waals surface area (Å²) in [4.78, 5) is 0. The topological polar surface area (TPSA) is 73.9 Å². The third kappa shape index (κ3) is 6.79. The molecule has 0 atom stereocenters. The zero-order chi connectivity index (χ0) is 40.2. The van der Waals surface area contributed by atoms with E-state index in [2.05, 4.69) is 109 Å². The molecule has 0 aliphatic carbocycles. The highest BCUT2D eigenvalue weighted by Gasteiger charge is 2.16. The summed E-state index contributed by atoms with van der Waals surface area (Å²) in [6.07, 6.45) is 0. The first-order chi connectivity index (χ1) is 28.6. The van der Waals surface area contributed by atoms with Crippen LogP contribution in [-0.2, 0) is 0 Å². The molecule has 2 aromatic heterocycles. The number of hydrogen-bond acceptors (Lipinski definition) is 4. The van der Waals surface area contributed by atoms with Crippen LogP contribution < -0.4 is 0 Å². The van der Waals surface area contributed by atoms with E-state index >= 15 is 0 Å². The first-order valence-electron chi connectivity index (χ1n) is 19.8. The molecule has 0 spiro atoms. The minimum atomic E-state index is 0.591. The van der Waals surface area contributed by atoms with Crippen LogP contribution in [0.1, 0.15) is 38.8 Å². The number of fused-ring (bicyclic) bond motifs is 6. The molecule has 0 bridgehead atoms. The van der Waals surface area contributed by atoms with Gasteiger partial charge in [-0.1, -0.05) is 149 Å². The van der Waals surface area contributed by atoms with Crippen molar-refractivity contribution in [1.82, 2.24) is 0 Å². The Hall–Kier alpha value is -7.66. The third-order valence-corrected chi connectivity index (χ3v) is 10.3. The molecular weight excluding hydrogens is 709 g/mol. The fourth-order valence-electron chi connectivity index (χ4n) is 7.69. The summed E-state index contributed by atoms with van der Waals surface area (Å²) in [5, 5.41) is 24.2. The molecule has 0 amide bonds. The average molecular weight is 749 g/mol. The maximum Gasteiger partial charge on any atom is 0.143 e. The van der Waals surface area contributed by atoms with Gasteiger partial charge in [0.15, 0.2) is 0 Å². The maximum atomic E-state index is 9.98. The minimum absolute atomic E-state index is 0.591. The molecule has 0 saturated carbocycles. The average Bonchev–Trinajstić information content (AvgIpc) is 3.89. The van der Waals surface area contributed by atoms with Crippen molar-refractivity contribution >= 4 is 43.9 Å². The molecule has 0 N–H and O–H groups in total. The van der Waals surface area contributed by atoms with Crippen molar-refractivity contribution in [3.8, 4) is 67.8 Å². The highest BCUT2D eigenvalue weighted by molar-refractivity contribution is 6.10. The van der Waals surface area contributed by atoms with Crippen molar-refractivity contribution in [1.29, 1.82) is 10.5 Å². The van der Waals surface area contributed by atoms with Crippen molar-refractivity contribution in [2.75, 3.05) is 0 Å². The first kappa shape index (κ1) is 37.3. The summed E-state index contributed by atoms with van der Waals surface area (Å²) in [6.45, 7) is 8.00. The number of rotatable bonds is 5. The van der Waals surface area contributed by atoms with E-state index in [0.29, 0.717) is 11.1 Å². The van der Waals surface area contributed by atoms with E-state index in [9.17, 15) is 10.5 Å². The minimum Gasteiger partial charge on any atom is -0.455 e. The molecular formula is C54H40N2O2. The number of hydrogen-bond donors (Lipinski definition) is 0. The normalized spacial score (nSPS) is 10.7. The van der Waals surface area contributed by atoms with Gasteiger partial charge >= 0.3 is 0 Å². The Morgan fingerprint density at radius 2 is 0.655 bits per heavy atom. The van der Waals surface area contributed by atoms with Gasteiger partial charge in [0, 0.05) is 32.7 Å². The summed E-state index contributed by atoms with van der Waals surface area (Å²) < 4.78 is 12.6. The van der Waals surface area contributed by atoms with E-state index in [1.165, 1.54) is 0 Å². The van der Waals surface area contributed by atoms with Crippen LogP contribution >= 0.6 is 0 Å². The highest BCUT2D eigenvalue weighted by Crippen LogP contribution is 2.40. The van der Waals surface area contributed by atoms with Crippen LogP contribution in [0.15, 0.2) is 179 Å². The second-order valence-corrected chi connectivity index (χ2v) is 13.5. The lowest BCUT2D eigenvalue weighted by Crippen LogP contribution is -1.87. The molecule has 0 fully saturated rings. The van der Waals surface area contributed by atoms with Crippen molar-refractivity contribution < 1.29 is 8.83 Å².